The molecular weight excluding hydrogens is 200 g/mol. The Morgan fingerprint density at radius 3 is 3.19 bits per heavy atom. The SMILES string of the molecule is Cc1cccc2c1C(=O)N1CCC[C@H]1C=N2. The van der Waals surface area contributed by atoms with Gasteiger partial charge in [0.15, 0.2) is 0 Å². The maximum Gasteiger partial charge on any atom is 0.256 e. The minimum Gasteiger partial charge on any atom is -0.331 e. The van der Waals surface area contributed by atoms with Gasteiger partial charge in [0.05, 0.1) is 17.3 Å². The van der Waals surface area contributed by atoms with Gasteiger partial charge in [0.2, 0.25) is 0 Å². The van der Waals surface area contributed by atoms with Crippen LogP contribution < -0.4 is 0 Å². The Bertz CT molecular complexity index is 479. The van der Waals surface area contributed by atoms with Crippen molar-refractivity contribution in [3.05, 3.63) is 29.3 Å². The number of aliphatic imine (C=N–C) groups is 1. The van der Waals surface area contributed by atoms with Gasteiger partial charge >= 0.3 is 0 Å². The van der Waals surface area contributed by atoms with Gasteiger partial charge in [-0.2, -0.15) is 0 Å². The number of rotatable bonds is 0. The van der Waals surface area contributed by atoms with Gasteiger partial charge in [-0.15, -0.1) is 0 Å². The Balaban J connectivity index is 2.16. The van der Waals surface area contributed by atoms with Crippen LogP contribution in [0.15, 0.2) is 23.2 Å². The summed E-state index contributed by atoms with van der Waals surface area (Å²) in [5, 5.41) is 0. The van der Waals surface area contributed by atoms with Gasteiger partial charge in [0, 0.05) is 12.8 Å². The van der Waals surface area contributed by atoms with E-state index in [0.717, 1.165) is 36.2 Å². The lowest BCUT2D eigenvalue weighted by Crippen LogP contribution is -2.35. The smallest absolute Gasteiger partial charge is 0.256 e. The number of hydrogen-bond acceptors (Lipinski definition) is 2. The molecule has 1 aromatic carbocycles. The van der Waals surface area contributed by atoms with Crippen molar-refractivity contribution in [3.63, 3.8) is 0 Å². The minimum atomic E-state index is 0.146. The quantitative estimate of drug-likeness (QED) is 0.652. The third kappa shape index (κ3) is 1.28. The fourth-order valence-corrected chi connectivity index (χ4v) is 2.55. The summed E-state index contributed by atoms with van der Waals surface area (Å²) in [7, 11) is 0. The fraction of sp³-hybridized carbons (Fsp3) is 0.385. The second-order valence-electron chi connectivity index (χ2n) is 4.46. The molecule has 1 atom stereocenters. The van der Waals surface area contributed by atoms with Crippen molar-refractivity contribution < 1.29 is 4.79 Å². The Kier molecular flexibility index (Phi) is 2.06. The third-order valence-corrected chi connectivity index (χ3v) is 3.41. The molecule has 2 heterocycles. The molecule has 1 fully saturated rings. The standard InChI is InChI=1S/C13H14N2O/c1-9-4-2-6-11-12(9)13(16)15-7-3-5-10(15)8-14-11/h2,4,6,8,10H,3,5,7H2,1H3/t10-/m0/s1. The summed E-state index contributed by atoms with van der Waals surface area (Å²) in [5.74, 6) is 0.146. The molecule has 0 N–H and O–H groups in total. The molecule has 2 aliphatic heterocycles. The Hall–Kier alpha value is -1.64. The molecule has 3 rings (SSSR count). The van der Waals surface area contributed by atoms with Gasteiger partial charge in [0.25, 0.3) is 5.91 Å². The van der Waals surface area contributed by atoms with Crippen molar-refractivity contribution in [2.45, 2.75) is 25.8 Å². The van der Waals surface area contributed by atoms with E-state index >= 15 is 0 Å². The van der Waals surface area contributed by atoms with E-state index in [1.165, 1.54) is 0 Å². The summed E-state index contributed by atoms with van der Waals surface area (Å²) in [6.45, 7) is 2.84. The normalized spacial score (nSPS) is 22.9. The van der Waals surface area contributed by atoms with Gasteiger partial charge in [-0.3, -0.25) is 9.79 Å². The van der Waals surface area contributed by atoms with Crippen molar-refractivity contribution in [3.8, 4) is 0 Å². The summed E-state index contributed by atoms with van der Waals surface area (Å²) < 4.78 is 0. The summed E-state index contributed by atoms with van der Waals surface area (Å²) >= 11 is 0. The molecule has 3 nitrogen and oxygen atoms in total. The van der Waals surface area contributed by atoms with Crippen LogP contribution in [0.2, 0.25) is 0 Å². The average molecular weight is 214 g/mol. The highest BCUT2D eigenvalue weighted by atomic mass is 16.2. The molecule has 0 aromatic heterocycles. The van der Waals surface area contributed by atoms with Crippen LogP contribution in [0.5, 0.6) is 0 Å². The zero-order chi connectivity index (χ0) is 11.1. The Morgan fingerprint density at radius 1 is 1.44 bits per heavy atom. The lowest BCUT2D eigenvalue weighted by molar-refractivity contribution is 0.0774. The number of fused-ring (bicyclic) bond motifs is 2. The zero-order valence-corrected chi connectivity index (χ0v) is 9.31. The third-order valence-electron chi connectivity index (χ3n) is 3.41. The molecule has 0 bridgehead atoms. The van der Waals surface area contributed by atoms with E-state index in [-0.39, 0.29) is 11.9 Å². The number of aryl methyl sites for hydroxylation is 1. The van der Waals surface area contributed by atoms with Crippen LogP contribution >= 0.6 is 0 Å². The van der Waals surface area contributed by atoms with Gasteiger partial charge in [-0.05, 0) is 31.4 Å². The number of amides is 1. The lowest BCUT2D eigenvalue weighted by Gasteiger charge is -2.20. The summed E-state index contributed by atoms with van der Waals surface area (Å²) in [5.41, 5.74) is 2.62. The maximum absolute atomic E-state index is 12.4. The molecule has 0 spiro atoms. The van der Waals surface area contributed by atoms with Crippen LogP contribution in [0, 0.1) is 6.92 Å². The number of carbonyl (C=O) groups is 1. The molecule has 16 heavy (non-hydrogen) atoms. The summed E-state index contributed by atoms with van der Waals surface area (Å²) in [6.07, 6.45) is 4.06. The van der Waals surface area contributed by atoms with Crippen molar-refractivity contribution in [1.82, 2.24) is 4.90 Å². The first kappa shape index (κ1) is 9.58. The second kappa shape index (κ2) is 3.44. The topological polar surface area (TPSA) is 32.7 Å². The van der Waals surface area contributed by atoms with Crippen molar-refractivity contribution in [2.24, 2.45) is 4.99 Å². The molecule has 0 unspecified atom stereocenters. The number of nitrogens with zero attached hydrogens (tertiary/aromatic N) is 2. The van der Waals surface area contributed by atoms with E-state index in [2.05, 4.69) is 4.99 Å². The van der Waals surface area contributed by atoms with Crippen LogP contribution in [0.3, 0.4) is 0 Å². The predicted octanol–water partition coefficient (Wildman–Crippen LogP) is 2.32. The average Bonchev–Trinajstić information content (AvgIpc) is 2.69. The van der Waals surface area contributed by atoms with Crippen LogP contribution in [0.25, 0.3) is 0 Å². The van der Waals surface area contributed by atoms with Crippen LogP contribution in [-0.2, 0) is 0 Å². The number of carbonyl (C=O) groups excluding carboxylic acids is 1. The van der Waals surface area contributed by atoms with Gasteiger partial charge in [0.1, 0.15) is 0 Å². The molecule has 0 saturated carbocycles. The van der Waals surface area contributed by atoms with E-state index < -0.39 is 0 Å². The van der Waals surface area contributed by atoms with Crippen molar-refractivity contribution in [2.75, 3.05) is 6.54 Å². The molecule has 0 aliphatic carbocycles. The van der Waals surface area contributed by atoms with Crippen LogP contribution in [0.4, 0.5) is 5.69 Å². The van der Waals surface area contributed by atoms with Gasteiger partial charge in [-0.25, -0.2) is 0 Å². The highest BCUT2D eigenvalue weighted by Gasteiger charge is 2.32. The summed E-state index contributed by atoms with van der Waals surface area (Å²) in [4.78, 5) is 18.8. The highest BCUT2D eigenvalue weighted by Crippen LogP contribution is 2.30. The molecule has 82 valence electrons. The first-order valence-electron chi connectivity index (χ1n) is 5.72. The lowest BCUT2D eigenvalue weighted by atomic mass is 10.1. The molecule has 1 aromatic rings. The molecule has 3 heteroatoms. The van der Waals surface area contributed by atoms with E-state index in [9.17, 15) is 4.79 Å². The van der Waals surface area contributed by atoms with Gasteiger partial charge < -0.3 is 4.90 Å². The van der Waals surface area contributed by atoms with E-state index in [4.69, 9.17) is 0 Å². The number of hydrogen-bond donors (Lipinski definition) is 0. The van der Waals surface area contributed by atoms with Crippen LogP contribution in [-0.4, -0.2) is 29.6 Å². The highest BCUT2D eigenvalue weighted by molar-refractivity contribution is 6.03. The Labute approximate surface area is 94.8 Å². The van der Waals surface area contributed by atoms with Crippen molar-refractivity contribution >= 4 is 17.8 Å². The first-order chi connectivity index (χ1) is 7.77. The van der Waals surface area contributed by atoms with Crippen molar-refractivity contribution in [1.29, 1.82) is 0 Å². The number of benzene rings is 1. The minimum absolute atomic E-state index is 0.146. The first-order valence-corrected chi connectivity index (χ1v) is 5.72. The zero-order valence-electron chi connectivity index (χ0n) is 9.31. The second-order valence-corrected chi connectivity index (χ2v) is 4.46. The van der Waals surface area contributed by atoms with Crippen LogP contribution in [0.1, 0.15) is 28.8 Å². The maximum atomic E-state index is 12.4. The van der Waals surface area contributed by atoms with E-state index in [0.29, 0.717) is 0 Å². The molecule has 1 amide bonds. The largest absolute Gasteiger partial charge is 0.331 e. The Morgan fingerprint density at radius 2 is 2.31 bits per heavy atom. The van der Waals surface area contributed by atoms with E-state index in [1.54, 1.807) is 0 Å². The summed E-state index contributed by atoms with van der Waals surface area (Å²) in [6, 6.07) is 6.05. The fourth-order valence-electron chi connectivity index (χ4n) is 2.55. The molecular formula is C13H14N2O. The monoisotopic (exact) mass is 214 g/mol. The molecule has 2 aliphatic rings. The predicted molar refractivity (Wildman–Crippen MR) is 63.4 cm³/mol. The van der Waals surface area contributed by atoms with Gasteiger partial charge in [-0.1, -0.05) is 12.1 Å². The molecule has 1 saturated heterocycles. The van der Waals surface area contributed by atoms with E-state index in [1.807, 2.05) is 36.2 Å². The molecule has 0 radical (unpaired) electrons.